The molecule has 0 saturated carbocycles. The number of aliphatic carboxylic acids is 1. The SMILES string of the molecule is CC/C=C/C(O)CNCCN(CC(O)/C=C/CC)C(C)C(=O)[O-].[Na+]. The van der Waals surface area contributed by atoms with Crippen molar-refractivity contribution in [1.82, 2.24) is 10.2 Å². The molecular formula is C17H31N2NaO4. The van der Waals surface area contributed by atoms with Crippen molar-refractivity contribution >= 4 is 5.97 Å². The van der Waals surface area contributed by atoms with Gasteiger partial charge in [0.05, 0.1) is 18.2 Å². The van der Waals surface area contributed by atoms with Crippen LogP contribution >= 0.6 is 0 Å². The van der Waals surface area contributed by atoms with Crippen molar-refractivity contribution in [1.29, 1.82) is 0 Å². The van der Waals surface area contributed by atoms with Crippen molar-refractivity contribution in [3.05, 3.63) is 24.3 Å². The van der Waals surface area contributed by atoms with Crippen LogP contribution in [0, 0.1) is 0 Å². The molecule has 7 heteroatoms. The summed E-state index contributed by atoms with van der Waals surface area (Å²) in [5.74, 6) is -1.16. The standard InChI is InChI=1S/C17H32N2O4.Na/c1-4-6-8-15(20)12-18-10-11-19(14(3)17(22)23)13-16(21)9-7-5-2;/h6-9,14-16,18,20-21H,4-5,10-13H2,1-3H3,(H,22,23);/q;+1/p-1/b8-6+,9-7+;. The molecule has 0 fully saturated rings. The topological polar surface area (TPSA) is 95.9 Å². The number of carbonyl (C=O) groups excluding carboxylic acids is 1. The molecule has 0 heterocycles. The van der Waals surface area contributed by atoms with Gasteiger partial charge in [-0.25, -0.2) is 0 Å². The van der Waals surface area contributed by atoms with Crippen molar-refractivity contribution in [2.24, 2.45) is 0 Å². The van der Waals surface area contributed by atoms with Gasteiger partial charge in [-0.3, -0.25) is 4.90 Å². The third-order valence-electron chi connectivity index (χ3n) is 3.43. The Morgan fingerprint density at radius 1 is 1.17 bits per heavy atom. The number of allylic oxidation sites excluding steroid dienone is 2. The monoisotopic (exact) mass is 350 g/mol. The van der Waals surface area contributed by atoms with Gasteiger partial charge in [-0.1, -0.05) is 38.2 Å². The number of nitrogens with one attached hydrogen (secondary N) is 1. The average Bonchev–Trinajstić information content (AvgIpc) is 2.52. The molecule has 3 N–H and O–H groups in total. The molecule has 0 radical (unpaired) electrons. The summed E-state index contributed by atoms with van der Waals surface area (Å²) in [5, 5.41) is 33.7. The van der Waals surface area contributed by atoms with Gasteiger partial charge in [-0.2, -0.15) is 0 Å². The molecule has 0 aliphatic rings. The normalized spacial score (nSPS) is 15.6. The zero-order valence-corrected chi connectivity index (χ0v) is 17.4. The van der Waals surface area contributed by atoms with E-state index in [0.29, 0.717) is 19.6 Å². The Hall–Kier alpha value is -0.210. The summed E-state index contributed by atoms with van der Waals surface area (Å²) < 4.78 is 0. The van der Waals surface area contributed by atoms with Crippen molar-refractivity contribution < 1.29 is 49.7 Å². The molecule has 6 nitrogen and oxygen atoms in total. The molecule has 0 saturated heterocycles. The van der Waals surface area contributed by atoms with Crippen LogP contribution in [0.5, 0.6) is 0 Å². The fraction of sp³-hybridized carbons (Fsp3) is 0.706. The van der Waals surface area contributed by atoms with E-state index in [2.05, 4.69) is 5.32 Å². The predicted molar refractivity (Wildman–Crippen MR) is 89.8 cm³/mol. The van der Waals surface area contributed by atoms with Gasteiger partial charge in [0.15, 0.2) is 0 Å². The minimum absolute atomic E-state index is 0. The van der Waals surface area contributed by atoms with E-state index in [1.165, 1.54) is 0 Å². The molecule has 3 unspecified atom stereocenters. The Morgan fingerprint density at radius 3 is 2.21 bits per heavy atom. The number of carboxylic acids is 1. The Kier molecular flexibility index (Phi) is 17.6. The maximum Gasteiger partial charge on any atom is 1.00 e. The number of rotatable bonds is 13. The molecule has 0 aliphatic heterocycles. The molecule has 0 aromatic carbocycles. The Balaban J connectivity index is 0. The zero-order valence-electron chi connectivity index (χ0n) is 15.4. The van der Waals surface area contributed by atoms with Crippen LogP contribution in [-0.2, 0) is 4.79 Å². The maximum atomic E-state index is 11.1. The largest absolute Gasteiger partial charge is 1.00 e. The number of hydrogen-bond donors (Lipinski definition) is 3. The van der Waals surface area contributed by atoms with E-state index in [9.17, 15) is 20.1 Å². The summed E-state index contributed by atoms with van der Waals surface area (Å²) in [7, 11) is 0. The number of carbonyl (C=O) groups is 1. The number of aliphatic hydroxyl groups is 2. The van der Waals surface area contributed by atoms with E-state index in [1.54, 1.807) is 24.0 Å². The molecule has 0 amide bonds. The van der Waals surface area contributed by atoms with Crippen LogP contribution in [0.3, 0.4) is 0 Å². The van der Waals surface area contributed by atoms with E-state index < -0.39 is 24.2 Å². The number of hydrogen-bond acceptors (Lipinski definition) is 6. The Bertz CT molecular complexity index is 378. The summed E-state index contributed by atoms with van der Waals surface area (Å²) in [6.45, 7) is 7.09. The molecule has 0 aromatic rings. The molecule has 0 bridgehead atoms. The first-order chi connectivity index (χ1) is 10.9. The van der Waals surface area contributed by atoms with Crippen LogP contribution in [0.15, 0.2) is 24.3 Å². The molecule has 134 valence electrons. The first kappa shape index (κ1) is 26.0. The van der Waals surface area contributed by atoms with Crippen LogP contribution in [-0.4, -0.2) is 65.5 Å². The maximum absolute atomic E-state index is 11.1. The second kappa shape index (κ2) is 16.3. The first-order valence-corrected chi connectivity index (χ1v) is 8.27. The molecule has 24 heavy (non-hydrogen) atoms. The predicted octanol–water partition coefficient (Wildman–Crippen LogP) is -3.33. The van der Waals surface area contributed by atoms with Crippen molar-refractivity contribution in [3.8, 4) is 0 Å². The second-order valence-corrected chi connectivity index (χ2v) is 5.50. The smallest absolute Gasteiger partial charge is 0.548 e. The Morgan fingerprint density at radius 2 is 1.71 bits per heavy atom. The number of nitrogens with zero attached hydrogens (tertiary/aromatic N) is 1. The van der Waals surface area contributed by atoms with Gasteiger partial charge >= 0.3 is 29.6 Å². The molecule has 0 rings (SSSR count). The molecular weight excluding hydrogens is 319 g/mol. The summed E-state index contributed by atoms with van der Waals surface area (Å²) in [5.41, 5.74) is 0. The fourth-order valence-electron chi connectivity index (χ4n) is 2.02. The molecule has 0 aromatic heterocycles. The van der Waals surface area contributed by atoms with Crippen molar-refractivity contribution in [3.63, 3.8) is 0 Å². The van der Waals surface area contributed by atoms with E-state index in [4.69, 9.17) is 0 Å². The van der Waals surface area contributed by atoms with Gasteiger partial charge in [0, 0.05) is 32.2 Å². The third-order valence-corrected chi connectivity index (χ3v) is 3.43. The van der Waals surface area contributed by atoms with Crippen molar-refractivity contribution in [2.75, 3.05) is 26.2 Å². The minimum Gasteiger partial charge on any atom is -0.548 e. The fourth-order valence-corrected chi connectivity index (χ4v) is 2.02. The number of carboxylic acid groups (broad SMARTS) is 1. The van der Waals surface area contributed by atoms with Crippen LogP contribution in [0.25, 0.3) is 0 Å². The van der Waals surface area contributed by atoms with Gasteiger partial charge in [-0.05, 0) is 19.8 Å². The van der Waals surface area contributed by atoms with E-state index in [-0.39, 0.29) is 36.1 Å². The number of aliphatic hydroxyl groups excluding tert-OH is 2. The summed E-state index contributed by atoms with van der Waals surface area (Å²) in [6, 6.07) is -0.786. The minimum atomic E-state index is -1.16. The van der Waals surface area contributed by atoms with Gasteiger partial charge in [0.2, 0.25) is 0 Å². The summed E-state index contributed by atoms with van der Waals surface area (Å²) >= 11 is 0. The first-order valence-electron chi connectivity index (χ1n) is 8.27. The summed E-state index contributed by atoms with van der Waals surface area (Å²) in [6.07, 6.45) is 7.56. The van der Waals surface area contributed by atoms with E-state index >= 15 is 0 Å². The summed E-state index contributed by atoms with van der Waals surface area (Å²) in [4.78, 5) is 12.7. The van der Waals surface area contributed by atoms with Gasteiger partial charge < -0.3 is 25.4 Å². The van der Waals surface area contributed by atoms with Gasteiger partial charge in [-0.15, -0.1) is 0 Å². The van der Waals surface area contributed by atoms with Gasteiger partial charge in [0.25, 0.3) is 0 Å². The second-order valence-electron chi connectivity index (χ2n) is 5.50. The third kappa shape index (κ3) is 13.1. The van der Waals surface area contributed by atoms with E-state index in [0.717, 1.165) is 12.8 Å². The van der Waals surface area contributed by atoms with Crippen LogP contribution in [0.2, 0.25) is 0 Å². The van der Waals surface area contributed by atoms with Crippen LogP contribution in [0.4, 0.5) is 0 Å². The molecule has 0 spiro atoms. The van der Waals surface area contributed by atoms with Crippen LogP contribution in [0.1, 0.15) is 33.6 Å². The van der Waals surface area contributed by atoms with Crippen molar-refractivity contribution in [2.45, 2.75) is 51.9 Å². The van der Waals surface area contributed by atoms with Crippen LogP contribution < -0.4 is 40.0 Å². The average molecular weight is 350 g/mol. The quantitative estimate of drug-likeness (QED) is 0.183. The molecule has 0 aliphatic carbocycles. The van der Waals surface area contributed by atoms with E-state index in [1.807, 2.05) is 26.0 Å². The van der Waals surface area contributed by atoms with Gasteiger partial charge in [0.1, 0.15) is 0 Å². The molecule has 3 atom stereocenters. The zero-order chi connectivity index (χ0) is 17.7. The Labute approximate surface area is 167 Å².